The Bertz CT molecular complexity index is 406. The highest BCUT2D eigenvalue weighted by Crippen LogP contribution is 2.22. The Morgan fingerprint density at radius 3 is 3.12 bits per heavy atom. The van der Waals surface area contributed by atoms with Gasteiger partial charge in [-0.25, -0.2) is 0 Å². The minimum Gasteiger partial charge on any atom is -0.492 e. The highest BCUT2D eigenvalue weighted by Gasteiger charge is 2.16. The van der Waals surface area contributed by atoms with Gasteiger partial charge in [0.15, 0.2) is 0 Å². The Balaban J connectivity index is 2.00. The van der Waals surface area contributed by atoms with Crippen LogP contribution in [0.1, 0.15) is 12.0 Å². The number of nitrogen functional groups attached to an aromatic ring is 1. The molecule has 1 atom stereocenters. The van der Waals surface area contributed by atoms with Gasteiger partial charge in [0, 0.05) is 18.2 Å². The lowest BCUT2D eigenvalue weighted by atomic mass is 10.1. The highest BCUT2D eigenvalue weighted by atomic mass is 16.5. The van der Waals surface area contributed by atoms with Crippen molar-refractivity contribution in [1.82, 2.24) is 0 Å². The van der Waals surface area contributed by atoms with Crippen molar-refractivity contribution in [3.05, 3.63) is 23.8 Å². The number of hydrogen-bond donors (Lipinski definition) is 1. The number of nitrogens with zero attached hydrogens (tertiary/aromatic N) is 1. The van der Waals surface area contributed by atoms with Crippen LogP contribution in [0.4, 0.5) is 5.69 Å². The van der Waals surface area contributed by atoms with E-state index >= 15 is 0 Å². The van der Waals surface area contributed by atoms with Gasteiger partial charge in [-0.1, -0.05) is 0 Å². The Morgan fingerprint density at radius 1 is 1.56 bits per heavy atom. The van der Waals surface area contributed by atoms with Crippen LogP contribution in [0.25, 0.3) is 0 Å². The van der Waals surface area contributed by atoms with Crippen LogP contribution in [-0.2, 0) is 4.74 Å². The zero-order chi connectivity index (χ0) is 11.4. The van der Waals surface area contributed by atoms with Crippen molar-refractivity contribution in [1.29, 1.82) is 5.26 Å². The van der Waals surface area contributed by atoms with Crippen LogP contribution in [0.5, 0.6) is 5.75 Å². The number of ether oxygens (including phenoxy) is 2. The predicted molar refractivity (Wildman–Crippen MR) is 60.0 cm³/mol. The second-order valence-electron chi connectivity index (χ2n) is 3.91. The number of nitriles is 1. The molecule has 4 heteroatoms. The lowest BCUT2D eigenvalue weighted by Crippen LogP contribution is -2.12. The van der Waals surface area contributed by atoms with Crippen LogP contribution in [-0.4, -0.2) is 19.8 Å². The van der Waals surface area contributed by atoms with E-state index in [1.54, 1.807) is 18.2 Å². The van der Waals surface area contributed by atoms with E-state index in [2.05, 4.69) is 6.07 Å². The van der Waals surface area contributed by atoms with Gasteiger partial charge in [-0.15, -0.1) is 0 Å². The Morgan fingerprint density at radius 2 is 2.44 bits per heavy atom. The molecule has 0 aliphatic carbocycles. The molecule has 0 radical (unpaired) electrons. The molecule has 0 spiro atoms. The summed E-state index contributed by atoms with van der Waals surface area (Å²) < 4.78 is 10.9. The largest absolute Gasteiger partial charge is 0.492 e. The number of rotatable bonds is 3. The van der Waals surface area contributed by atoms with E-state index in [0.717, 1.165) is 19.6 Å². The summed E-state index contributed by atoms with van der Waals surface area (Å²) in [6.45, 7) is 2.15. The summed E-state index contributed by atoms with van der Waals surface area (Å²) >= 11 is 0. The fraction of sp³-hybridized carbons (Fsp3) is 0.417. The van der Waals surface area contributed by atoms with Crippen LogP contribution < -0.4 is 10.5 Å². The molecule has 1 aromatic carbocycles. The van der Waals surface area contributed by atoms with Crippen molar-refractivity contribution in [2.75, 3.05) is 25.6 Å². The van der Waals surface area contributed by atoms with Gasteiger partial charge in [0.25, 0.3) is 0 Å². The third-order valence-corrected chi connectivity index (χ3v) is 2.62. The summed E-state index contributed by atoms with van der Waals surface area (Å²) in [6, 6.07) is 7.18. The van der Waals surface area contributed by atoms with Crippen molar-refractivity contribution in [3.63, 3.8) is 0 Å². The quantitative estimate of drug-likeness (QED) is 0.781. The minimum absolute atomic E-state index is 0.434. The monoisotopic (exact) mass is 218 g/mol. The Kier molecular flexibility index (Phi) is 3.28. The normalized spacial score (nSPS) is 19.3. The van der Waals surface area contributed by atoms with Gasteiger partial charge in [-0.3, -0.25) is 0 Å². The molecule has 0 saturated carbocycles. The maximum absolute atomic E-state index is 8.92. The van der Waals surface area contributed by atoms with Crippen molar-refractivity contribution in [2.45, 2.75) is 6.42 Å². The van der Waals surface area contributed by atoms with Gasteiger partial charge < -0.3 is 15.2 Å². The van der Waals surface area contributed by atoms with Crippen molar-refractivity contribution >= 4 is 5.69 Å². The molecule has 1 aliphatic heterocycles. The summed E-state index contributed by atoms with van der Waals surface area (Å²) in [5.74, 6) is 1.03. The van der Waals surface area contributed by atoms with E-state index in [1.165, 1.54) is 0 Å². The molecule has 16 heavy (non-hydrogen) atoms. The zero-order valence-electron chi connectivity index (χ0n) is 8.98. The van der Waals surface area contributed by atoms with Gasteiger partial charge in [0.2, 0.25) is 0 Å². The van der Waals surface area contributed by atoms with Gasteiger partial charge in [-0.2, -0.15) is 5.26 Å². The van der Waals surface area contributed by atoms with E-state index in [1.807, 2.05) is 0 Å². The molecular weight excluding hydrogens is 204 g/mol. The predicted octanol–water partition coefficient (Wildman–Crippen LogP) is 1.56. The first-order valence-corrected chi connectivity index (χ1v) is 5.30. The lowest BCUT2D eigenvalue weighted by Gasteiger charge is -2.11. The molecule has 1 saturated heterocycles. The number of nitrogens with two attached hydrogens (primary N) is 1. The standard InChI is InChI=1S/C12H14N2O2/c13-6-10-5-11(14)1-2-12(10)16-8-9-3-4-15-7-9/h1-2,5,9H,3-4,7-8,14H2. The van der Waals surface area contributed by atoms with E-state index in [9.17, 15) is 0 Å². The number of hydrogen-bond acceptors (Lipinski definition) is 4. The molecule has 4 nitrogen and oxygen atoms in total. The average molecular weight is 218 g/mol. The number of anilines is 1. The molecular formula is C12H14N2O2. The molecule has 2 N–H and O–H groups in total. The maximum Gasteiger partial charge on any atom is 0.137 e. The van der Waals surface area contributed by atoms with E-state index in [0.29, 0.717) is 29.5 Å². The van der Waals surface area contributed by atoms with Crippen LogP contribution in [0.3, 0.4) is 0 Å². The molecule has 0 aromatic heterocycles. The van der Waals surface area contributed by atoms with Crippen molar-refractivity contribution < 1.29 is 9.47 Å². The van der Waals surface area contributed by atoms with E-state index in [4.69, 9.17) is 20.5 Å². The molecule has 1 heterocycles. The Labute approximate surface area is 94.6 Å². The fourth-order valence-electron chi connectivity index (χ4n) is 1.68. The molecule has 1 aliphatic rings. The van der Waals surface area contributed by atoms with E-state index < -0.39 is 0 Å². The molecule has 2 rings (SSSR count). The van der Waals surface area contributed by atoms with Crippen LogP contribution >= 0.6 is 0 Å². The molecule has 1 unspecified atom stereocenters. The second kappa shape index (κ2) is 4.86. The van der Waals surface area contributed by atoms with Gasteiger partial charge in [0.05, 0.1) is 18.8 Å². The smallest absolute Gasteiger partial charge is 0.137 e. The first-order chi connectivity index (χ1) is 7.79. The highest BCUT2D eigenvalue weighted by molar-refractivity contribution is 5.53. The summed E-state index contributed by atoms with van der Waals surface area (Å²) in [6.07, 6.45) is 1.02. The van der Waals surface area contributed by atoms with Gasteiger partial charge >= 0.3 is 0 Å². The Hall–Kier alpha value is -1.73. The first kappa shape index (κ1) is 10.8. The summed E-state index contributed by atoms with van der Waals surface area (Å²) in [4.78, 5) is 0. The molecule has 0 amide bonds. The van der Waals surface area contributed by atoms with Gasteiger partial charge in [-0.05, 0) is 24.6 Å². The summed E-state index contributed by atoms with van der Waals surface area (Å²) in [5, 5.41) is 8.92. The van der Waals surface area contributed by atoms with Crippen LogP contribution in [0, 0.1) is 17.2 Å². The second-order valence-corrected chi connectivity index (χ2v) is 3.91. The zero-order valence-corrected chi connectivity index (χ0v) is 8.98. The maximum atomic E-state index is 8.92. The third kappa shape index (κ3) is 2.44. The fourth-order valence-corrected chi connectivity index (χ4v) is 1.68. The third-order valence-electron chi connectivity index (χ3n) is 2.62. The molecule has 1 fully saturated rings. The molecule has 0 bridgehead atoms. The van der Waals surface area contributed by atoms with Crippen molar-refractivity contribution in [3.8, 4) is 11.8 Å². The average Bonchev–Trinajstić information content (AvgIpc) is 2.80. The minimum atomic E-state index is 0.434. The number of benzene rings is 1. The molecule has 1 aromatic rings. The summed E-state index contributed by atoms with van der Waals surface area (Å²) in [5.41, 5.74) is 6.66. The van der Waals surface area contributed by atoms with Gasteiger partial charge in [0.1, 0.15) is 11.8 Å². The molecule has 84 valence electrons. The SMILES string of the molecule is N#Cc1cc(N)ccc1OCC1CCOC1. The van der Waals surface area contributed by atoms with Crippen molar-refractivity contribution in [2.24, 2.45) is 5.92 Å². The first-order valence-electron chi connectivity index (χ1n) is 5.30. The van der Waals surface area contributed by atoms with Crippen LogP contribution in [0.15, 0.2) is 18.2 Å². The topological polar surface area (TPSA) is 68.3 Å². The van der Waals surface area contributed by atoms with E-state index in [-0.39, 0.29) is 0 Å². The summed E-state index contributed by atoms with van der Waals surface area (Å²) in [7, 11) is 0. The van der Waals surface area contributed by atoms with Crippen LogP contribution in [0.2, 0.25) is 0 Å². The lowest BCUT2D eigenvalue weighted by molar-refractivity contribution is 0.167.